The van der Waals surface area contributed by atoms with Gasteiger partial charge in [-0.3, -0.25) is 0 Å². The van der Waals surface area contributed by atoms with E-state index in [-0.39, 0.29) is 24.9 Å². The topological polar surface area (TPSA) is 52.6 Å². The summed E-state index contributed by atoms with van der Waals surface area (Å²) in [7, 11) is 0. The van der Waals surface area contributed by atoms with Gasteiger partial charge in [0, 0.05) is 17.6 Å². The molecule has 98 valence electrons. The van der Waals surface area contributed by atoms with Crippen molar-refractivity contribution in [3.8, 4) is 0 Å². The molecule has 2 amide bonds. The van der Waals surface area contributed by atoms with E-state index in [2.05, 4.69) is 5.32 Å². The summed E-state index contributed by atoms with van der Waals surface area (Å²) < 4.78 is 13.5. The molecule has 0 aromatic heterocycles. The molecule has 0 bridgehead atoms. The molecule has 2 rings (SSSR count). The molecule has 0 atom stereocenters. The summed E-state index contributed by atoms with van der Waals surface area (Å²) in [5, 5.41) is 11.7. The number of nitrogens with zero attached hydrogens (tertiary/aromatic N) is 1. The molecule has 1 fully saturated rings. The van der Waals surface area contributed by atoms with Gasteiger partial charge in [0.05, 0.1) is 12.3 Å². The van der Waals surface area contributed by atoms with Crippen molar-refractivity contribution in [3.05, 3.63) is 29.0 Å². The van der Waals surface area contributed by atoms with Crippen LogP contribution in [0.3, 0.4) is 0 Å². The number of carbonyl (C=O) groups excluding carboxylic acids is 1. The molecule has 0 aliphatic heterocycles. The van der Waals surface area contributed by atoms with Crippen molar-refractivity contribution in [1.29, 1.82) is 0 Å². The van der Waals surface area contributed by atoms with Gasteiger partial charge < -0.3 is 15.3 Å². The van der Waals surface area contributed by atoms with E-state index in [0.29, 0.717) is 5.02 Å². The Bertz CT molecular complexity index is 452. The van der Waals surface area contributed by atoms with Crippen LogP contribution in [0.4, 0.5) is 14.9 Å². The zero-order valence-corrected chi connectivity index (χ0v) is 10.5. The van der Waals surface area contributed by atoms with Gasteiger partial charge in [-0.2, -0.15) is 0 Å². The summed E-state index contributed by atoms with van der Waals surface area (Å²) in [5.41, 5.74) is 0.0519. The van der Waals surface area contributed by atoms with Gasteiger partial charge in [0.25, 0.3) is 0 Å². The third-order valence-corrected chi connectivity index (χ3v) is 2.99. The lowest BCUT2D eigenvalue weighted by molar-refractivity contribution is 0.185. The van der Waals surface area contributed by atoms with Crippen LogP contribution in [-0.4, -0.2) is 35.2 Å². The number of benzene rings is 1. The Morgan fingerprint density at radius 3 is 2.89 bits per heavy atom. The number of hydrogen-bond acceptors (Lipinski definition) is 2. The van der Waals surface area contributed by atoms with Crippen LogP contribution in [0.5, 0.6) is 0 Å². The molecular weight excluding hydrogens is 259 g/mol. The predicted molar refractivity (Wildman–Crippen MR) is 67.2 cm³/mol. The van der Waals surface area contributed by atoms with Gasteiger partial charge in [0.1, 0.15) is 5.82 Å². The van der Waals surface area contributed by atoms with Crippen molar-refractivity contribution in [3.63, 3.8) is 0 Å². The van der Waals surface area contributed by atoms with Crippen LogP contribution in [0.1, 0.15) is 12.8 Å². The zero-order chi connectivity index (χ0) is 13.1. The van der Waals surface area contributed by atoms with Crippen LogP contribution in [0.25, 0.3) is 0 Å². The average molecular weight is 273 g/mol. The average Bonchev–Trinajstić information content (AvgIpc) is 3.14. The SMILES string of the molecule is O=C(Nc1cc(Cl)ccc1F)N(CCO)C1CC1. The second-order valence-corrected chi connectivity index (χ2v) is 4.64. The Morgan fingerprint density at radius 1 is 1.56 bits per heavy atom. The third-order valence-electron chi connectivity index (χ3n) is 2.76. The molecule has 0 unspecified atom stereocenters. The quantitative estimate of drug-likeness (QED) is 0.885. The van der Waals surface area contributed by atoms with Gasteiger partial charge in [0.2, 0.25) is 0 Å². The number of amides is 2. The molecule has 2 N–H and O–H groups in total. The van der Waals surface area contributed by atoms with E-state index in [0.717, 1.165) is 12.8 Å². The standard InChI is InChI=1S/C12H14ClFN2O2/c13-8-1-4-10(14)11(7-8)15-12(18)16(5-6-17)9-2-3-9/h1,4,7,9,17H,2-3,5-6H2,(H,15,18). The van der Waals surface area contributed by atoms with E-state index in [1.165, 1.54) is 23.1 Å². The fraction of sp³-hybridized carbons (Fsp3) is 0.417. The monoisotopic (exact) mass is 272 g/mol. The molecule has 0 heterocycles. The normalized spacial score (nSPS) is 14.4. The molecule has 1 aromatic rings. The molecule has 1 aliphatic rings. The van der Waals surface area contributed by atoms with Gasteiger partial charge in [-0.15, -0.1) is 0 Å². The number of carbonyl (C=O) groups is 1. The molecule has 6 heteroatoms. The Labute approximate surface area is 109 Å². The van der Waals surface area contributed by atoms with E-state index in [1.807, 2.05) is 0 Å². The summed E-state index contributed by atoms with van der Waals surface area (Å²) in [5.74, 6) is -0.535. The Balaban J connectivity index is 2.07. The Hall–Kier alpha value is -1.33. The van der Waals surface area contributed by atoms with Crippen LogP contribution in [0, 0.1) is 5.82 Å². The summed E-state index contributed by atoms with van der Waals surface area (Å²) in [4.78, 5) is 13.5. The lowest BCUT2D eigenvalue weighted by Gasteiger charge is -2.21. The maximum Gasteiger partial charge on any atom is 0.322 e. The maximum atomic E-state index is 13.5. The second-order valence-electron chi connectivity index (χ2n) is 4.20. The van der Waals surface area contributed by atoms with Gasteiger partial charge in [-0.1, -0.05) is 11.6 Å². The highest BCUT2D eigenvalue weighted by atomic mass is 35.5. The highest BCUT2D eigenvalue weighted by Gasteiger charge is 2.32. The molecule has 1 aromatic carbocycles. The molecule has 18 heavy (non-hydrogen) atoms. The summed E-state index contributed by atoms with van der Waals surface area (Å²) in [6.45, 7) is 0.140. The number of urea groups is 1. The number of halogens is 2. The van der Waals surface area contributed by atoms with Crippen LogP contribution in [-0.2, 0) is 0 Å². The molecule has 1 saturated carbocycles. The van der Waals surface area contributed by atoms with E-state index < -0.39 is 11.8 Å². The van der Waals surface area contributed by atoms with Crippen LogP contribution >= 0.6 is 11.6 Å². The number of nitrogens with one attached hydrogen (secondary N) is 1. The largest absolute Gasteiger partial charge is 0.395 e. The van der Waals surface area contributed by atoms with Crippen LogP contribution < -0.4 is 5.32 Å². The Morgan fingerprint density at radius 2 is 2.28 bits per heavy atom. The summed E-state index contributed by atoms with van der Waals surface area (Å²) in [6, 6.07) is 3.72. The highest BCUT2D eigenvalue weighted by Crippen LogP contribution is 2.27. The summed E-state index contributed by atoms with van der Waals surface area (Å²) in [6.07, 6.45) is 1.84. The van der Waals surface area contributed by atoms with Gasteiger partial charge in [-0.05, 0) is 31.0 Å². The van der Waals surface area contributed by atoms with Crippen molar-refractivity contribution in [1.82, 2.24) is 4.90 Å². The smallest absolute Gasteiger partial charge is 0.322 e. The van der Waals surface area contributed by atoms with Gasteiger partial charge in [-0.25, -0.2) is 9.18 Å². The highest BCUT2D eigenvalue weighted by molar-refractivity contribution is 6.30. The van der Waals surface area contributed by atoms with Crippen LogP contribution in [0.15, 0.2) is 18.2 Å². The van der Waals surface area contributed by atoms with E-state index in [1.54, 1.807) is 0 Å². The molecular formula is C12H14ClFN2O2. The number of rotatable bonds is 4. The number of hydrogen-bond donors (Lipinski definition) is 2. The van der Waals surface area contributed by atoms with Gasteiger partial charge in [0.15, 0.2) is 0 Å². The minimum absolute atomic E-state index is 0.0519. The molecule has 0 spiro atoms. The van der Waals surface area contributed by atoms with E-state index in [4.69, 9.17) is 16.7 Å². The Kier molecular flexibility index (Phi) is 4.04. The predicted octanol–water partition coefficient (Wildman–Crippen LogP) is 2.47. The molecule has 0 saturated heterocycles. The van der Waals surface area contributed by atoms with Crippen molar-refractivity contribution in [2.45, 2.75) is 18.9 Å². The van der Waals surface area contributed by atoms with Crippen LogP contribution in [0.2, 0.25) is 5.02 Å². The molecule has 4 nitrogen and oxygen atoms in total. The lowest BCUT2D eigenvalue weighted by Crippen LogP contribution is -2.38. The first-order valence-corrected chi connectivity index (χ1v) is 6.13. The molecule has 0 radical (unpaired) electrons. The van der Waals surface area contributed by atoms with Crippen molar-refractivity contribution < 1.29 is 14.3 Å². The first-order chi connectivity index (χ1) is 8.61. The first kappa shape index (κ1) is 13.1. The number of anilines is 1. The third kappa shape index (κ3) is 3.11. The van der Waals surface area contributed by atoms with Crippen molar-refractivity contribution >= 4 is 23.3 Å². The minimum atomic E-state index is -0.535. The fourth-order valence-corrected chi connectivity index (χ4v) is 1.90. The minimum Gasteiger partial charge on any atom is -0.395 e. The summed E-state index contributed by atoms with van der Waals surface area (Å²) >= 11 is 5.74. The molecule has 1 aliphatic carbocycles. The number of aliphatic hydroxyl groups is 1. The lowest BCUT2D eigenvalue weighted by atomic mass is 10.3. The second kappa shape index (κ2) is 5.54. The van der Waals surface area contributed by atoms with Crippen molar-refractivity contribution in [2.75, 3.05) is 18.5 Å². The number of aliphatic hydroxyl groups excluding tert-OH is 1. The zero-order valence-electron chi connectivity index (χ0n) is 9.70. The fourth-order valence-electron chi connectivity index (χ4n) is 1.72. The van der Waals surface area contributed by atoms with E-state index >= 15 is 0 Å². The first-order valence-electron chi connectivity index (χ1n) is 5.75. The maximum absolute atomic E-state index is 13.5. The van der Waals surface area contributed by atoms with Gasteiger partial charge >= 0.3 is 6.03 Å². The van der Waals surface area contributed by atoms with Crippen molar-refractivity contribution in [2.24, 2.45) is 0 Å². The van der Waals surface area contributed by atoms with E-state index in [9.17, 15) is 9.18 Å².